The normalized spacial score (nSPS) is 15.9. The standard InChI is InChI=1S/C21H32BrN5O2Si/c1-30(2,3)15-14-29-17-27-20(8-9-26-10-12-28-13-11-26)16-23-21(27)25-24-19-6-4-18(22)5-7-19/h4-7,16H,8-15,17H2,1-3H3. The Bertz CT molecular complexity index is 814. The van der Waals surface area contributed by atoms with Gasteiger partial charge in [-0.05, 0) is 30.3 Å². The summed E-state index contributed by atoms with van der Waals surface area (Å²) in [6, 6.07) is 8.89. The summed E-state index contributed by atoms with van der Waals surface area (Å²) in [5.41, 5.74) is 1.92. The van der Waals surface area contributed by atoms with Crippen LogP contribution in [0.3, 0.4) is 0 Å². The zero-order valence-corrected chi connectivity index (χ0v) is 20.8. The number of rotatable bonds is 10. The highest BCUT2D eigenvalue weighted by Gasteiger charge is 2.15. The third kappa shape index (κ3) is 7.70. The van der Waals surface area contributed by atoms with Gasteiger partial charge in [-0.3, -0.25) is 9.47 Å². The Kier molecular flexibility index (Phi) is 8.76. The maximum Gasteiger partial charge on any atom is 0.251 e. The van der Waals surface area contributed by atoms with Crippen molar-refractivity contribution in [1.82, 2.24) is 14.5 Å². The minimum Gasteiger partial charge on any atom is -0.379 e. The van der Waals surface area contributed by atoms with Crippen molar-refractivity contribution < 1.29 is 9.47 Å². The molecular formula is C21H32BrN5O2Si. The van der Waals surface area contributed by atoms with Crippen LogP contribution >= 0.6 is 15.9 Å². The third-order valence-corrected chi connectivity index (χ3v) is 7.24. The number of nitrogens with zero attached hydrogens (tertiary/aromatic N) is 5. The molecule has 0 aliphatic carbocycles. The predicted octanol–water partition coefficient (Wildman–Crippen LogP) is 5.25. The second kappa shape index (κ2) is 11.3. The number of ether oxygens (including phenoxy) is 2. The zero-order chi connectivity index (χ0) is 21.4. The maximum atomic E-state index is 6.01. The van der Waals surface area contributed by atoms with Crippen molar-refractivity contribution in [2.45, 2.75) is 38.8 Å². The molecule has 0 spiro atoms. The van der Waals surface area contributed by atoms with E-state index in [1.54, 1.807) is 0 Å². The molecule has 1 aromatic heterocycles. The smallest absolute Gasteiger partial charge is 0.251 e. The topological polar surface area (TPSA) is 64.2 Å². The van der Waals surface area contributed by atoms with Crippen molar-refractivity contribution in [3.05, 3.63) is 40.6 Å². The van der Waals surface area contributed by atoms with Crippen molar-refractivity contribution in [3.8, 4) is 0 Å². The quantitative estimate of drug-likeness (QED) is 0.257. The summed E-state index contributed by atoms with van der Waals surface area (Å²) >= 11 is 3.44. The van der Waals surface area contributed by atoms with Gasteiger partial charge < -0.3 is 9.47 Å². The minimum absolute atomic E-state index is 0.456. The van der Waals surface area contributed by atoms with E-state index in [1.807, 2.05) is 35.0 Å². The monoisotopic (exact) mass is 493 g/mol. The molecule has 1 saturated heterocycles. The van der Waals surface area contributed by atoms with Crippen molar-refractivity contribution in [1.29, 1.82) is 0 Å². The van der Waals surface area contributed by atoms with Crippen LogP contribution in [0.25, 0.3) is 0 Å². The Morgan fingerprint density at radius 2 is 1.87 bits per heavy atom. The van der Waals surface area contributed by atoms with Gasteiger partial charge in [0.1, 0.15) is 6.73 Å². The van der Waals surface area contributed by atoms with Gasteiger partial charge >= 0.3 is 0 Å². The fourth-order valence-corrected chi connectivity index (χ4v) is 4.08. The number of hydrogen-bond acceptors (Lipinski definition) is 6. The lowest BCUT2D eigenvalue weighted by Gasteiger charge is -2.26. The Hall–Kier alpha value is -1.39. The van der Waals surface area contributed by atoms with Gasteiger partial charge in [0.15, 0.2) is 0 Å². The van der Waals surface area contributed by atoms with Gasteiger partial charge in [-0.15, -0.1) is 10.2 Å². The number of morpholine rings is 1. The summed E-state index contributed by atoms with van der Waals surface area (Å²) in [5, 5.41) is 8.76. The Morgan fingerprint density at radius 3 is 2.57 bits per heavy atom. The Labute approximate surface area is 188 Å². The van der Waals surface area contributed by atoms with Gasteiger partial charge in [0.25, 0.3) is 5.95 Å². The SMILES string of the molecule is C[Si](C)(C)CCOCn1c(CCN2CCOCC2)cnc1N=Nc1ccc(Br)cc1. The molecule has 3 rings (SSSR count). The summed E-state index contributed by atoms with van der Waals surface area (Å²) in [4.78, 5) is 6.95. The second-order valence-corrected chi connectivity index (χ2v) is 15.2. The molecule has 2 aromatic rings. The largest absolute Gasteiger partial charge is 0.379 e. The van der Waals surface area contributed by atoms with Crippen LogP contribution in [0.2, 0.25) is 25.7 Å². The van der Waals surface area contributed by atoms with Crippen molar-refractivity contribution in [2.24, 2.45) is 10.2 Å². The first-order valence-electron chi connectivity index (χ1n) is 10.5. The van der Waals surface area contributed by atoms with E-state index in [-0.39, 0.29) is 0 Å². The van der Waals surface area contributed by atoms with Crippen LogP contribution < -0.4 is 0 Å². The maximum absolute atomic E-state index is 6.01. The molecule has 1 aromatic carbocycles. The lowest BCUT2D eigenvalue weighted by molar-refractivity contribution is 0.0377. The lowest BCUT2D eigenvalue weighted by Crippen LogP contribution is -2.37. The first-order valence-corrected chi connectivity index (χ1v) is 15.0. The summed E-state index contributed by atoms with van der Waals surface area (Å²) in [7, 11) is -1.12. The minimum atomic E-state index is -1.12. The zero-order valence-electron chi connectivity index (χ0n) is 18.2. The highest BCUT2D eigenvalue weighted by atomic mass is 79.9. The molecule has 0 saturated carbocycles. The molecule has 1 fully saturated rings. The van der Waals surface area contributed by atoms with Gasteiger partial charge in [-0.1, -0.05) is 35.6 Å². The number of aromatic nitrogens is 2. The van der Waals surface area contributed by atoms with Crippen LogP contribution in [0.5, 0.6) is 0 Å². The predicted molar refractivity (Wildman–Crippen MR) is 126 cm³/mol. The molecule has 0 atom stereocenters. The van der Waals surface area contributed by atoms with Crippen LogP contribution in [0.1, 0.15) is 5.69 Å². The van der Waals surface area contributed by atoms with Gasteiger partial charge in [-0.25, -0.2) is 4.98 Å². The van der Waals surface area contributed by atoms with E-state index in [4.69, 9.17) is 9.47 Å². The molecule has 30 heavy (non-hydrogen) atoms. The Morgan fingerprint density at radius 1 is 1.13 bits per heavy atom. The van der Waals surface area contributed by atoms with Crippen molar-refractivity contribution in [3.63, 3.8) is 0 Å². The van der Waals surface area contributed by atoms with Crippen LogP contribution in [-0.2, 0) is 22.6 Å². The van der Waals surface area contributed by atoms with E-state index >= 15 is 0 Å². The van der Waals surface area contributed by atoms with Gasteiger partial charge in [0.05, 0.1) is 25.1 Å². The molecular weight excluding hydrogens is 462 g/mol. The molecule has 7 nitrogen and oxygen atoms in total. The molecule has 0 N–H and O–H groups in total. The van der Waals surface area contributed by atoms with Crippen molar-refractivity contribution in [2.75, 3.05) is 39.5 Å². The summed E-state index contributed by atoms with van der Waals surface area (Å²) in [6.07, 6.45) is 2.80. The van der Waals surface area contributed by atoms with Gasteiger partial charge in [-0.2, -0.15) is 0 Å². The third-order valence-electron chi connectivity index (χ3n) is 5.00. The van der Waals surface area contributed by atoms with E-state index in [1.165, 1.54) is 0 Å². The average Bonchev–Trinajstić information content (AvgIpc) is 3.11. The van der Waals surface area contributed by atoms with Crippen LogP contribution in [0.15, 0.2) is 45.2 Å². The number of imidazole rings is 1. The van der Waals surface area contributed by atoms with Crippen LogP contribution in [0, 0.1) is 0 Å². The van der Waals surface area contributed by atoms with E-state index in [0.717, 1.165) is 67.8 Å². The van der Waals surface area contributed by atoms with Crippen LogP contribution in [0.4, 0.5) is 11.6 Å². The second-order valence-electron chi connectivity index (χ2n) is 8.71. The van der Waals surface area contributed by atoms with E-state index in [0.29, 0.717) is 12.7 Å². The number of halogens is 1. The molecule has 0 radical (unpaired) electrons. The highest BCUT2D eigenvalue weighted by Crippen LogP contribution is 2.21. The first-order chi connectivity index (χ1) is 14.4. The number of azo groups is 1. The van der Waals surface area contributed by atoms with Crippen LogP contribution in [-0.4, -0.2) is 62.0 Å². The lowest BCUT2D eigenvalue weighted by atomic mass is 10.3. The molecule has 2 heterocycles. The first kappa shape index (κ1) is 23.3. The molecule has 0 bridgehead atoms. The van der Waals surface area contributed by atoms with E-state index in [2.05, 4.69) is 55.7 Å². The summed E-state index contributed by atoms with van der Waals surface area (Å²) < 4.78 is 14.5. The summed E-state index contributed by atoms with van der Waals surface area (Å²) in [6.45, 7) is 12.9. The number of hydrogen-bond donors (Lipinski definition) is 0. The van der Waals surface area contributed by atoms with E-state index < -0.39 is 8.07 Å². The van der Waals surface area contributed by atoms with Crippen molar-refractivity contribution >= 4 is 35.6 Å². The van der Waals surface area contributed by atoms with E-state index in [9.17, 15) is 0 Å². The molecule has 1 aliphatic heterocycles. The Balaban J connectivity index is 1.68. The van der Waals surface area contributed by atoms with Gasteiger partial charge in [0.2, 0.25) is 0 Å². The average molecular weight is 495 g/mol. The molecule has 0 unspecified atom stereocenters. The molecule has 164 valence electrons. The fourth-order valence-electron chi connectivity index (χ4n) is 3.06. The molecule has 0 amide bonds. The molecule has 9 heteroatoms. The van der Waals surface area contributed by atoms with Gasteiger partial charge in [0, 0.05) is 50.9 Å². The molecule has 1 aliphatic rings. The highest BCUT2D eigenvalue weighted by molar-refractivity contribution is 9.10. The summed E-state index contributed by atoms with van der Waals surface area (Å²) in [5.74, 6) is 0.586. The fraction of sp³-hybridized carbons (Fsp3) is 0.571. The number of benzene rings is 1.